The van der Waals surface area contributed by atoms with Gasteiger partial charge in [0, 0.05) is 5.39 Å². The maximum absolute atomic E-state index is 13.9. The number of nitrogen functional groups attached to an aromatic ring is 1. The third-order valence-corrected chi connectivity index (χ3v) is 7.02. The second-order valence-electron chi connectivity index (χ2n) is 9.48. The molecule has 0 amide bonds. The predicted molar refractivity (Wildman–Crippen MR) is 157 cm³/mol. The summed E-state index contributed by atoms with van der Waals surface area (Å²) in [4.78, 5) is 13.9. The van der Waals surface area contributed by atoms with Crippen molar-refractivity contribution in [3.05, 3.63) is 112 Å². The Balaban J connectivity index is 1.45. The Morgan fingerprint density at radius 1 is 0.825 bits per heavy atom. The number of pyridine rings is 1. The van der Waals surface area contributed by atoms with Crippen molar-refractivity contribution in [2.24, 2.45) is 0 Å². The van der Waals surface area contributed by atoms with Gasteiger partial charge in [0.2, 0.25) is 0 Å². The molecule has 0 aliphatic rings. The van der Waals surface area contributed by atoms with E-state index in [1.165, 1.54) is 0 Å². The number of aromatic nitrogens is 3. The fraction of sp³-hybridized carbons (Fsp3) is 0.125. The molecule has 2 N–H and O–H groups in total. The second kappa shape index (κ2) is 10.1. The Morgan fingerprint density at radius 3 is 2.25 bits per heavy atom. The number of anilines is 1. The maximum atomic E-state index is 13.9. The summed E-state index contributed by atoms with van der Waals surface area (Å²) in [6, 6.07) is 28.6. The quantitative estimate of drug-likeness (QED) is 0.268. The number of benzene rings is 4. The first-order valence-corrected chi connectivity index (χ1v) is 12.8. The van der Waals surface area contributed by atoms with Crippen LogP contribution in [0.3, 0.4) is 0 Å². The summed E-state index contributed by atoms with van der Waals surface area (Å²) in [5, 5.41) is 6.09. The Morgan fingerprint density at radius 2 is 1.52 bits per heavy atom. The average Bonchev–Trinajstić information content (AvgIpc) is 3.33. The molecular formula is C32H28N4O4. The zero-order valence-corrected chi connectivity index (χ0v) is 22.4. The second-order valence-corrected chi connectivity index (χ2v) is 9.48. The van der Waals surface area contributed by atoms with Crippen LogP contribution in [0.2, 0.25) is 0 Å². The van der Waals surface area contributed by atoms with Gasteiger partial charge in [-0.2, -0.15) is 5.10 Å². The van der Waals surface area contributed by atoms with Crippen molar-refractivity contribution < 1.29 is 14.2 Å². The molecule has 0 bridgehead atoms. The summed E-state index contributed by atoms with van der Waals surface area (Å²) in [7, 11) is 3.24. The van der Waals surface area contributed by atoms with Crippen LogP contribution in [0.5, 0.6) is 23.0 Å². The SMILES string of the molecule is COc1ccc(Cn2c(=O)c3c(N)n(-c4ccc(Oc5ccccc5OC)cc4C)nc3c3ccccc32)cc1. The monoisotopic (exact) mass is 532 g/mol. The van der Waals surface area contributed by atoms with Gasteiger partial charge in [-0.05, 0) is 66.6 Å². The number of nitrogens with two attached hydrogens (primary N) is 1. The normalized spacial score (nSPS) is 11.2. The molecule has 2 heterocycles. The Bertz CT molecular complexity index is 1920. The summed E-state index contributed by atoms with van der Waals surface area (Å²) < 4.78 is 20.1. The van der Waals surface area contributed by atoms with Crippen LogP contribution in [0.1, 0.15) is 11.1 Å². The lowest BCUT2D eigenvalue weighted by Crippen LogP contribution is -2.22. The molecule has 0 aliphatic heterocycles. The van der Waals surface area contributed by atoms with Gasteiger partial charge < -0.3 is 24.5 Å². The first-order valence-electron chi connectivity index (χ1n) is 12.8. The minimum atomic E-state index is -0.193. The summed E-state index contributed by atoms with van der Waals surface area (Å²) >= 11 is 0. The van der Waals surface area contributed by atoms with Crippen molar-refractivity contribution in [3.8, 4) is 28.7 Å². The van der Waals surface area contributed by atoms with Crippen molar-refractivity contribution in [3.63, 3.8) is 0 Å². The molecule has 2 aromatic heterocycles. The van der Waals surface area contributed by atoms with Crippen LogP contribution in [0.25, 0.3) is 27.5 Å². The number of ether oxygens (including phenoxy) is 3. The number of hydrogen-bond donors (Lipinski definition) is 1. The number of para-hydroxylation sites is 3. The molecule has 8 heteroatoms. The van der Waals surface area contributed by atoms with Gasteiger partial charge in [0.25, 0.3) is 5.56 Å². The van der Waals surface area contributed by atoms with Gasteiger partial charge in [0.05, 0.1) is 32.0 Å². The summed E-state index contributed by atoms with van der Waals surface area (Å²) in [6.07, 6.45) is 0. The number of nitrogens with zero attached hydrogens (tertiary/aromatic N) is 3. The molecular weight excluding hydrogens is 504 g/mol. The lowest BCUT2D eigenvalue weighted by molar-refractivity contribution is 0.379. The molecule has 0 saturated heterocycles. The molecule has 6 rings (SSSR count). The van der Waals surface area contributed by atoms with Crippen molar-refractivity contribution in [2.45, 2.75) is 13.5 Å². The smallest absolute Gasteiger partial charge is 0.264 e. The molecule has 0 saturated carbocycles. The molecule has 6 aromatic rings. The summed E-state index contributed by atoms with van der Waals surface area (Å²) in [5.74, 6) is 2.95. The van der Waals surface area contributed by atoms with E-state index in [1.54, 1.807) is 23.5 Å². The number of aryl methyl sites for hydroxylation is 1. The molecule has 0 spiro atoms. The highest BCUT2D eigenvalue weighted by Crippen LogP contribution is 2.34. The lowest BCUT2D eigenvalue weighted by Gasteiger charge is -2.13. The van der Waals surface area contributed by atoms with Gasteiger partial charge in [-0.3, -0.25) is 4.79 Å². The highest BCUT2D eigenvalue weighted by Gasteiger charge is 2.20. The third-order valence-electron chi connectivity index (χ3n) is 7.02. The zero-order valence-electron chi connectivity index (χ0n) is 22.4. The van der Waals surface area contributed by atoms with Gasteiger partial charge in [-0.25, -0.2) is 4.68 Å². The van der Waals surface area contributed by atoms with E-state index in [-0.39, 0.29) is 11.4 Å². The lowest BCUT2D eigenvalue weighted by atomic mass is 10.1. The van der Waals surface area contributed by atoms with Gasteiger partial charge in [-0.1, -0.05) is 42.5 Å². The van der Waals surface area contributed by atoms with Gasteiger partial charge in [0.15, 0.2) is 11.5 Å². The topological polar surface area (TPSA) is 93.5 Å². The van der Waals surface area contributed by atoms with E-state index in [4.69, 9.17) is 25.0 Å². The Kier molecular flexibility index (Phi) is 6.36. The van der Waals surface area contributed by atoms with Crippen LogP contribution in [0, 0.1) is 6.92 Å². The van der Waals surface area contributed by atoms with Crippen molar-refractivity contribution >= 4 is 27.6 Å². The average molecular weight is 533 g/mol. The number of hydrogen-bond acceptors (Lipinski definition) is 6. The number of rotatable bonds is 7. The van der Waals surface area contributed by atoms with Crippen molar-refractivity contribution in [1.29, 1.82) is 0 Å². The van der Waals surface area contributed by atoms with E-state index in [2.05, 4.69) is 0 Å². The molecule has 40 heavy (non-hydrogen) atoms. The molecule has 0 fully saturated rings. The largest absolute Gasteiger partial charge is 0.497 e. The van der Waals surface area contributed by atoms with E-state index in [0.29, 0.717) is 34.7 Å². The third kappa shape index (κ3) is 4.29. The van der Waals surface area contributed by atoms with E-state index in [9.17, 15) is 4.79 Å². The highest BCUT2D eigenvalue weighted by atomic mass is 16.5. The molecule has 4 aromatic carbocycles. The molecule has 8 nitrogen and oxygen atoms in total. The predicted octanol–water partition coefficient (Wildman–Crippen LogP) is 6.09. The molecule has 0 radical (unpaired) electrons. The van der Waals surface area contributed by atoms with Crippen LogP contribution in [-0.2, 0) is 6.54 Å². The standard InChI is InChI=1S/C32H28N4O4/c1-20-18-23(40-28-11-7-6-10-27(28)39-3)16-17-25(20)36-31(33)29-30(34-36)24-8-4-5-9-26(24)35(32(29)37)19-21-12-14-22(38-2)15-13-21/h4-18H,19,33H2,1-3H3. The fourth-order valence-electron chi connectivity index (χ4n) is 5.00. The highest BCUT2D eigenvalue weighted by molar-refractivity contribution is 6.07. The minimum absolute atomic E-state index is 0.193. The van der Waals surface area contributed by atoms with Crippen molar-refractivity contribution in [1.82, 2.24) is 14.3 Å². The van der Waals surface area contributed by atoms with Crippen LogP contribution in [0.15, 0.2) is 95.8 Å². The molecule has 0 aliphatic carbocycles. The van der Waals surface area contributed by atoms with Crippen LogP contribution in [0.4, 0.5) is 5.82 Å². The Hall–Kier alpha value is -5.24. The first-order chi connectivity index (χ1) is 19.5. The molecule has 0 unspecified atom stereocenters. The van der Waals surface area contributed by atoms with Crippen LogP contribution < -0.4 is 25.5 Å². The summed E-state index contributed by atoms with van der Waals surface area (Å²) in [5.41, 5.74) is 10.4. The summed E-state index contributed by atoms with van der Waals surface area (Å²) in [6.45, 7) is 2.34. The first kappa shape index (κ1) is 25.1. The van der Waals surface area contributed by atoms with Crippen molar-refractivity contribution in [2.75, 3.05) is 20.0 Å². The van der Waals surface area contributed by atoms with Crippen LogP contribution in [-0.4, -0.2) is 28.6 Å². The van der Waals surface area contributed by atoms with E-state index >= 15 is 0 Å². The van der Waals surface area contributed by atoms with Crippen LogP contribution >= 0.6 is 0 Å². The molecule has 0 atom stereocenters. The number of fused-ring (bicyclic) bond motifs is 3. The van der Waals surface area contributed by atoms with Gasteiger partial charge >= 0.3 is 0 Å². The van der Waals surface area contributed by atoms with E-state index < -0.39 is 0 Å². The maximum Gasteiger partial charge on any atom is 0.264 e. The number of methoxy groups -OCH3 is 2. The zero-order chi connectivity index (χ0) is 27.8. The minimum Gasteiger partial charge on any atom is -0.497 e. The Labute approximate surface area is 230 Å². The molecule has 200 valence electrons. The fourth-order valence-corrected chi connectivity index (χ4v) is 5.00. The van der Waals surface area contributed by atoms with Gasteiger partial charge in [0.1, 0.15) is 28.2 Å². The van der Waals surface area contributed by atoms with E-state index in [0.717, 1.165) is 33.5 Å². The van der Waals surface area contributed by atoms with Gasteiger partial charge in [-0.15, -0.1) is 0 Å². The van der Waals surface area contributed by atoms with E-state index in [1.807, 2.05) is 97.9 Å².